The number of hydrogen-bond donors (Lipinski definition) is 0. The number of nitrogens with zero attached hydrogens (tertiary/aromatic N) is 1. The van der Waals surface area contributed by atoms with E-state index in [1.165, 1.54) is 13.2 Å². The van der Waals surface area contributed by atoms with Gasteiger partial charge in [0, 0.05) is 24.9 Å². The van der Waals surface area contributed by atoms with Crippen molar-refractivity contribution in [3.8, 4) is 11.1 Å². The molecule has 0 atom stereocenters. The molecule has 0 aliphatic carbocycles. The van der Waals surface area contributed by atoms with Crippen molar-refractivity contribution in [2.24, 2.45) is 0 Å². The molecule has 33 heavy (non-hydrogen) atoms. The maximum Gasteiger partial charge on any atom is 0.339 e. The summed E-state index contributed by atoms with van der Waals surface area (Å²) in [5.41, 5.74) is 2.74. The predicted octanol–water partition coefficient (Wildman–Crippen LogP) is 6.04. The first-order valence-corrected chi connectivity index (χ1v) is 11.0. The smallest absolute Gasteiger partial charge is 0.339 e. The van der Waals surface area contributed by atoms with Crippen molar-refractivity contribution < 1.29 is 23.5 Å². The maximum atomic E-state index is 15.2. The van der Waals surface area contributed by atoms with Crippen LogP contribution in [0, 0.1) is 5.82 Å². The Morgan fingerprint density at radius 3 is 2.39 bits per heavy atom. The van der Waals surface area contributed by atoms with E-state index in [0.717, 1.165) is 18.7 Å². The van der Waals surface area contributed by atoms with E-state index < -0.39 is 17.5 Å². The van der Waals surface area contributed by atoms with Crippen LogP contribution in [0.5, 0.6) is 0 Å². The van der Waals surface area contributed by atoms with E-state index in [-0.39, 0.29) is 5.82 Å². The summed E-state index contributed by atoms with van der Waals surface area (Å²) in [6.45, 7) is 8.18. The molecule has 0 fully saturated rings. The van der Waals surface area contributed by atoms with E-state index in [4.69, 9.17) is 9.47 Å². The largest absolute Gasteiger partial charge is 0.465 e. The number of aromatic nitrogens is 1. The van der Waals surface area contributed by atoms with Gasteiger partial charge in [0.25, 0.3) is 0 Å². The Balaban J connectivity index is 1.92. The van der Waals surface area contributed by atoms with E-state index in [0.29, 0.717) is 34.2 Å². The van der Waals surface area contributed by atoms with Crippen LogP contribution in [0.1, 0.15) is 66.1 Å². The summed E-state index contributed by atoms with van der Waals surface area (Å²) in [6.07, 6.45) is 2.95. The van der Waals surface area contributed by atoms with E-state index >= 15 is 4.39 Å². The first kappa shape index (κ1) is 24.2. The second-order valence-electron chi connectivity index (χ2n) is 8.94. The zero-order valence-electron chi connectivity index (χ0n) is 19.8. The molecule has 1 aromatic heterocycles. The molecule has 0 saturated heterocycles. The summed E-state index contributed by atoms with van der Waals surface area (Å²) in [7, 11) is 1.34. The zero-order chi connectivity index (χ0) is 24.2. The molecule has 2 aromatic carbocycles. The third-order valence-corrected chi connectivity index (χ3v) is 5.15. The second kappa shape index (κ2) is 10.0. The first-order valence-electron chi connectivity index (χ1n) is 11.0. The van der Waals surface area contributed by atoms with Crippen LogP contribution in [0.2, 0.25) is 0 Å². The third-order valence-electron chi connectivity index (χ3n) is 5.15. The molecule has 0 spiro atoms. The number of rotatable bonds is 7. The van der Waals surface area contributed by atoms with Gasteiger partial charge in [0.2, 0.25) is 0 Å². The molecule has 0 aliphatic heterocycles. The average molecular weight is 452 g/mol. The Hall–Kier alpha value is -3.41. The van der Waals surface area contributed by atoms with E-state index in [9.17, 15) is 9.59 Å². The molecular formula is C27H30FNO4. The quantitative estimate of drug-likeness (QED) is 0.411. The van der Waals surface area contributed by atoms with Crippen molar-refractivity contribution in [3.63, 3.8) is 0 Å². The minimum Gasteiger partial charge on any atom is -0.465 e. The normalized spacial score (nSPS) is 11.3. The number of benzene rings is 2. The van der Waals surface area contributed by atoms with Crippen LogP contribution in [0.3, 0.4) is 0 Å². The van der Waals surface area contributed by atoms with Crippen molar-refractivity contribution in [1.82, 2.24) is 4.57 Å². The molecule has 174 valence electrons. The van der Waals surface area contributed by atoms with Crippen LogP contribution in [-0.2, 0) is 22.4 Å². The summed E-state index contributed by atoms with van der Waals surface area (Å²) >= 11 is 0. The van der Waals surface area contributed by atoms with Gasteiger partial charge < -0.3 is 14.0 Å². The number of hydrogen-bond acceptors (Lipinski definition) is 4. The van der Waals surface area contributed by atoms with Crippen molar-refractivity contribution in [1.29, 1.82) is 0 Å². The van der Waals surface area contributed by atoms with Gasteiger partial charge in [-0.25, -0.2) is 14.0 Å². The van der Waals surface area contributed by atoms with Crippen molar-refractivity contribution >= 4 is 11.9 Å². The standard InChI is InChI=1S/C27H30FNO4/c1-6-13-29-17-20(25(30)32-5)15-21(29)14-19-12-11-18(16-24(19)28)22-9-7-8-10-23(22)26(31)33-27(2,3)4/h7-12,15-17H,6,13-14H2,1-5H3. The van der Waals surface area contributed by atoms with Crippen LogP contribution in [0.25, 0.3) is 11.1 Å². The Labute approximate surface area is 194 Å². The number of carbonyl (C=O) groups is 2. The highest BCUT2D eigenvalue weighted by molar-refractivity contribution is 5.97. The fourth-order valence-electron chi connectivity index (χ4n) is 3.68. The second-order valence-corrected chi connectivity index (χ2v) is 8.94. The lowest BCUT2D eigenvalue weighted by Gasteiger charge is -2.20. The van der Waals surface area contributed by atoms with Gasteiger partial charge in [-0.1, -0.05) is 37.3 Å². The van der Waals surface area contributed by atoms with Gasteiger partial charge in [0.05, 0.1) is 18.2 Å². The van der Waals surface area contributed by atoms with E-state index in [2.05, 4.69) is 0 Å². The van der Waals surface area contributed by atoms with Crippen LogP contribution in [0.15, 0.2) is 54.7 Å². The highest BCUT2D eigenvalue weighted by Crippen LogP contribution is 2.28. The topological polar surface area (TPSA) is 57.5 Å². The number of esters is 2. The van der Waals surface area contributed by atoms with Gasteiger partial charge in [-0.05, 0) is 62.1 Å². The Morgan fingerprint density at radius 1 is 1.03 bits per heavy atom. The fourth-order valence-corrected chi connectivity index (χ4v) is 3.68. The molecule has 0 N–H and O–H groups in total. The molecule has 3 rings (SSSR count). The van der Waals surface area contributed by atoms with E-state index in [1.807, 2.05) is 32.3 Å². The Kier molecular flexibility index (Phi) is 7.36. The van der Waals surface area contributed by atoms with Crippen LogP contribution >= 0.6 is 0 Å². The number of ether oxygens (including phenoxy) is 2. The minimum absolute atomic E-state index is 0.330. The van der Waals surface area contributed by atoms with Gasteiger partial charge in [-0.2, -0.15) is 0 Å². The number of carbonyl (C=O) groups excluding carboxylic acids is 2. The van der Waals surface area contributed by atoms with Crippen molar-refractivity contribution in [2.45, 2.75) is 52.7 Å². The van der Waals surface area contributed by atoms with Gasteiger partial charge in [-0.3, -0.25) is 0 Å². The van der Waals surface area contributed by atoms with Crippen LogP contribution in [-0.4, -0.2) is 29.2 Å². The summed E-state index contributed by atoms with van der Waals surface area (Å²) in [5, 5.41) is 0. The molecular weight excluding hydrogens is 421 g/mol. The molecule has 0 amide bonds. The monoisotopic (exact) mass is 451 g/mol. The molecule has 1 heterocycles. The highest BCUT2D eigenvalue weighted by Gasteiger charge is 2.21. The lowest BCUT2D eigenvalue weighted by molar-refractivity contribution is 0.00702. The Bertz CT molecular complexity index is 1160. The maximum absolute atomic E-state index is 15.2. The summed E-state index contributed by atoms with van der Waals surface area (Å²) in [6, 6.07) is 13.7. The van der Waals surface area contributed by atoms with Gasteiger partial charge in [0.15, 0.2) is 0 Å². The fraction of sp³-hybridized carbons (Fsp3) is 0.333. The lowest BCUT2D eigenvalue weighted by Crippen LogP contribution is -2.24. The van der Waals surface area contributed by atoms with Crippen LogP contribution < -0.4 is 0 Å². The zero-order valence-corrected chi connectivity index (χ0v) is 19.8. The third kappa shape index (κ3) is 5.89. The van der Waals surface area contributed by atoms with E-state index in [1.54, 1.807) is 48.7 Å². The molecule has 5 nitrogen and oxygen atoms in total. The van der Waals surface area contributed by atoms with Crippen molar-refractivity contribution in [3.05, 3.63) is 82.9 Å². The SMILES string of the molecule is CCCn1cc(C(=O)OC)cc1Cc1ccc(-c2ccccc2C(=O)OC(C)(C)C)cc1F. The van der Waals surface area contributed by atoms with Gasteiger partial charge >= 0.3 is 11.9 Å². The summed E-state index contributed by atoms with van der Waals surface area (Å²) < 4.78 is 27.4. The molecule has 0 saturated carbocycles. The number of methoxy groups -OCH3 is 1. The van der Waals surface area contributed by atoms with Gasteiger partial charge in [-0.15, -0.1) is 0 Å². The van der Waals surface area contributed by atoms with Crippen LogP contribution in [0.4, 0.5) is 4.39 Å². The molecule has 0 radical (unpaired) electrons. The predicted molar refractivity (Wildman–Crippen MR) is 126 cm³/mol. The van der Waals surface area contributed by atoms with Gasteiger partial charge in [0.1, 0.15) is 11.4 Å². The highest BCUT2D eigenvalue weighted by atomic mass is 19.1. The average Bonchev–Trinajstić information content (AvgIpc) is 3.16. The Morgan fingerprint density at radius 2 is 1.76 bits per heavy atom. The number of halogens is 1. The summed E-state index contributed by atoms with van der Waals surface area (Å²) in [5.74, 6) is -1.24. The molecule has 3 aromatic rings. The molecule has 0 unspecified atom stereocenters. The summed E-state index contributed by atoms with van der Waals surface area (Å²) in [4.78, 5) is 24.6. The lowest BCUT2D eigenvalue weighted by atomic mass is 9.97. The molecule has 0 bridgehead atoms. The molecule has 0 aliphatic rings. The number of aryl methyl sites for hydroxylation is 1. The van der Waals surface area contributed by atoms with Crippen molar-refractivity contribution in [2.75, 3.05) is 7.11 Å². The molecule has 6 heteroatoms. The minimum atomic E-state index is -0.629. The first-order chi connectivity index (χ1) is 15.6.